The smallest absolute Gasteiger partial charge is 0.462 e. The van der Waals surface area contributed by atoms with Crippen LogP contribution in [0.15, 0.2) is 0 Å². The molecule has 0 aliphatic heterocycles. The number of hydrogen-bond donors (Lipinski definition) is 3. The van der Waals surface area contributed by atoms with E-state index >= 15 is 0 Å². The summed E-state index contributed by atoms with van der Waals surface area (Å²) in [6, 6.07) is 0. The van der Waals surface area contributed by atoms with Crippen molar-refractivity contribution in [2.75, 3.05) is 39.6 Å². The highest BCUT2D eigenvalue weighted by Crippen LogP contribution is 2.45. The average molecular weight is 1200 g/mol. The molecule has 81 heavy (non-hydrogen) atoms. The van der Waals surface area contributed by atoms with Gasteiger partial charge in [-0.15, -0.1) is 0 Å². The summed E-state index contributed by atoms with van der Waals surface area (Å²) in [5.74, 6) is -0.686. The van der Waals surface area contributed by atoms with Crippen LogP contribution in [-0.4, -0.2) is 96.7 Å². The molecule has 0 aromatic carbocycles. The minimum Gasteiger partial charge on any atom is -0.462 e. The van der Waals surface area contributed by atoms with E-state index < -0.39 is 97.5 Å². The predicted octanol–water partition coefficient (Wildman–Crippen LogP) is 16.9. The Morgan fingerprint density at radius 2 is 0.568 bits per heavy atom. The Morgan fingerprint density at radius 1 is 0.333 bits per heavy atom. The molecule has 0 fully saturated rings. The first kappa shape index (κ1) is 79.1. The molecule has 3 N–H and O–H groups in total. The van der Waals surface area contributed by atoms with E-state index in [4.69, 9.17) is 37.0 Å². The Hall–Kier alpha value is -1.94. The lowest BCUT2D eigenvalue weighted by molar-refractivity contribution is -0.161. The highest BCUT2D eigenvalue weighted by atomic mass is 31.2. The summed E-state index contributed by atoms with van der Waals surface area (Å²) < 4.78 is 67.7. The van der Waals surface area contributed by atoms with Crippen molar-refractivity contribution >= 4 is 39.5 Å². The van der Waals surface area contributed by atoms with Crippen molar-refractivity contribution in [3.05, 3.63) is 0 Å². The molecule has 2 unspecified atom stereocenters. The van der Waals surface area contributed by atoms with E-state index in [0.29, 0.717) is 31.6 Å². The Kier molecular flexibility index (Phi) is 53.4. The molecule has 0 aliphatic carbocycles. The first-order valence-corrected chi connectivity index (χ1v) is 35.5. The van der Waals surface area contributed by atoms with Crippen LogP contribution in [0, 0.1) is 11.8 Å². The van der Waals surface area contributed by atoms with Crippen molar-refractivity contribution in [1.82, 2.24) is 0 Å². The maximum absolute atomic E-state index is 12.9. The molecule has 0 saturated carbocycles. The summed E-state index contributed by atoms with van der Waals surface area (Å²) in [5.41, 5.74) is 0. The van der Waals surface area contributed by atoms with Gasteiger partial charge in [0.05, 0.1) is 26.4 Å². The minimum atomic E-state index is -4.94. The van der Waals surface area contributed by atoms with E-state index in [1.807, 2.05) is 0 Å². The van der Waals surface area contributed by atoms with E-state index in [2.05, 4.69) is 41.5 Å². The van der Waals surface area contributed by atoms with Crippen molar-refractivity contribution in [2.24, 2.45) is 11.8 Å². The summed E-state index contributed by atoms with van der Waals surface area (Å²) in [6.07, 6.45) is 36.7. The number of aliphatic hydroxyl groups excluding tert-OH is 1. The van der Waals surface area contributed by atoms with Crippen LogP contribution in [0.4, 0.5) is 0 Å². The van der Waals surface area contributed by atoms with E-state index in [0.717, 1.165) is 102 Å². The van der Waals surface area contributed by atoms with Gasteiger partial charge in [-0.3, -0.25) is 37.3 Å². The number of carbonyl (C=O) groups is 4. The molecule has 0 saturated heterocycles. The molecule has 17 nitrogen and oxygen atoms in total. The molecule has 0 rings (SSSR count). The zero-order chi connectivity index (χ0) is 60.1. The van der Waals surface area contributed by atoms with Crippen LogP contribution in [0.5, 0.6) is 0 Å². The number of rotatable bonds is 61. The maximum atomic E-state index is 12.9. The lowest BCUT2D eigenvalue weighted by atomic mass is 10.0. The zero-order valence-electron chi connectivity index (χ0n) is 52.1. The lowest BCUT2D eigenvalue weighted by Gasteiger charge is -2.21. The van der Waals surface area contributed by atoms with E-state index in [1.54, 1.807) is 0 Å². The van der Waals surface area contributed by atoms with Gasteiger partial charge in [0.1, 0.15) is 19.3 Å². The standard InChI is InChI=1S/C62H120O17P2/c1-7-9-11-13-14-15-23-26-33-39-45-60(65)73-51-58(78-61(66)46-40-34-27-24-21-19-17-16-18-20-22-25-31-36-42-54(3)4)53-77-81(70,71)75-49-56(63)48-74-80(68,69)76-52-57(50-72-59(64)44-38-30-12-10-8-2)79-62(67)47-41-35-29-28-32-37-43-55(5)6/h54-58,63H,7-53H2,1-6H3,(H,68,69)(H,70,71)/t56-,57+,58+/m0/s1. The number of hydrogen-bond acceptors (Lipinski definition) is 15. The Morgan fingerprint density at radius 3 is 0.840 bits per heavy atom. The third-order valence-corrected chi connectivity index (χ3v) is 16.1. The molecule has 19 heteroatoms. The largest absolute Gasteiger partial charge is 0.472 e. The maximum Gasteiger partial charge on any atom is 0.472 e. The first-order chi connectivity index (χ1) is 38.9. The second-order valence-corrected chi connectivity index (χ2v) is 26.3. The molecular weight excluding hydrogens is 1080 g/mol. The summed E-state index contributed by atoms with van der Waals surface area (Å²) in [6.45, 7) is 9.31. The molecule has 0 radical (unpaired) electrons. The number of carbonyl (C=O) groups excluding carboxylic acids is 4. The summed E-state index contributed by atoms with van der Waals surface area (Å²) in [5, 5.41) is 10.5. The lowest BCUT2D eigenvalue weighted by Crippen LogP contribution is -2.30. The fourth-order valence-corrected chi connectivity index (χ4v) is 10.8. The van der Waals surface area contributed by atoms with Gasteiger partial charge in [0, 0.05) is 25.7 Å². The van der Waals surface area contributed by atoms with Crippen molar-refractivity contribution in [2.45, 2.75) is 323 Å². The second-order valence-electron chi connectivity index (χ2n) is 23.4. The van der Waals surface area contributed by atoms with Gasteiger partial charge in [0.2, 0.25) is 0 Å². The third kappa shape index (κ3) is 56.9. The van der Waals surface area contributed by atoms with Crippen LogP contribution in [0.2, 0.25) is 0 Å². The third-order valence-electron chi connectivity index (χ3n) is 14.2. The Balaban J connectivity index is 5.14. The van der Waals surface area contributed by atoms with Crippen LogP contribution in [0.25, 0.3) is 0 Å². The summed E-state index contributed by atoms with van der Waals surface area (Å²) in [4.78, 5) is 71.8. The monoisotopic (exact) mass is 1200 g/mol. The van der Waals surface area contributed by atoms with Gasteiger partial charge in [-0.2, -0.15) is 0 Å². The molecule has 0 heterocycles. The first-order valence-electron chi connectivity index (χ1n) is 32.5. The van der Waals surface area contributed by atoms with Crippen LogP contribution >= 0.6 is 15.6 Å². The second kappa shape index (κ2) is 54.7. The van der Waals surface area contributed by atoms with Crippen LogP contribution in [0.1, 0.15) is 305 Å². The Labute approximate surface area is 492 Å². The number of aliphatic hydroxyl groups is 1. The summed E-state index contributed by atoms with van der Waals surface area (Å²) in [7, 11) is -9.87. The predicted molar refractivity (Wildman–Crippen MR) is 321 cm³/mol. The molecule has 0 spiro atoms. The number of phosphoric acid groups is 2. The normalized spacial score (nSPS) is 14.4. The van der Waals surface area contributed by atoms with E-state index in [9.17, 15) is 43.2 Å². The van der Waals surface area contributed by atoms with Gasteiger partial charge in [0.15, 0.2) is 12.2 Å². The molecule has 0 aliphatic rings. The number of phosphoric ester groups is 2. The van der Waals surface area contributed by atoms with Gasteiger partial charge in [-0.1, -0.05) is 253 Å². The zero-order valence-corrected chi connectivity index (χ0v) is 53.9. The quantitative estimate of drug-likeness (QED) is 0.0222. The van der Waals surface area contributed by atoms with Gasteiger partial charge >= 0.3 is 39.5 Å². The molecule has 0 aromatic heterocycles. The van der Waals surface area contributed by atoms with Crippen LogP contribution in [-0.2, 0) is 65.4 Å². The minimum absolute atomic E-state index is 0.101. The molecule has 0 bridgehead atoms. The van der Waals surface area contributed by atoms with Crippen LogP contribution < -0.4 is 0 Å². The van der Waals surface area contributed by atoms with Crippen LogP contribution in [0.3, 0.4) is 0 Å². The molecule has 5 atom stereocenters. The number of ether oxygens (including phenoxy) is 4. The molecular formula is C62H120O17P2. The molecule has 0 amide bonds. The van der Waals surface area contributed by atoms with Crippen molar-refractivity contribution < 1.29 is 80.2 Å². The highest BCUT2D eigenvalue weighted by molar-refractivity contribution is 7.47. The topological polar surface area (TPSA) is 237 Å². The fraction of sp³-hybridized carbons (Fsp3) is 0.935. The van der Waals surface area contributed by atoms with E-state index in [-0.39, 0.29) is 25.7 Å². The Bertz CT molecular complexity index is 1600. The highest BCUT2D eigenvalue weighted by Gasteiger charge is 2.30. The summed E-state index contributed by atoms with van der Waals surface area (Å²) >= 11 is 0. The van der Waals surface area contributed by atoms with Gasteiger partial charge in [0.25, 0.3) is 0 Å². The molecule has 0 aromatic rings. The fourth-order valence-electron chi connectivity index (χ4n) is 9.18. The SMILES string of the molecule is CCCCCCCCCCCCC(=O)OC[C@H](COP(=O)(O)OC[C@@H](O)COP(=O)(O)OC[C@@H](COC(=O)CCCCCCC)OC(=O)CCCCCCCCC(C)C)OC(=O)CCCCCCCCCCCCCCCCC(C)C. The van der Waals surface area contributed by atoms with Crippen molar-refractivity contribution in [1.29, 1.82) is 0 Å². The number of unbranched alkanes of at least 4 members (excludes halogenated alkanes) is 31. The van der Waals surface area contributed by atoms with Gasteiger partial charge in [-0.25, -0.2) is 9.13 Å². The number of esters is 4. The van der Waals surface area contributed by atoms with Gasteiger partial charge in [-0.05, 0) is 37.5 Å². The van der Waals surface area contributed by atoms with Crippen molar-refractivity contribution in [3.8, 4) is 0 Å². The van der Waals surface area contributed by atoms with Crippen molar-refractivity contribution in [3.63, 3.8) is 0 Å². The molecule has 480 valence electrons. The van der Waals surface area contributed by atoms with Gasteiger partial charge < -0.3 is 33.8 Å². The average Bonchev–Trinajstić information content (AvgIpc) is 3.42. The van der Waals surface area contributed by atoms with E-state index in [1.165, 1.54) is 116 Å².